The van der Waals surface area contributed by atoms with Gasteiger partial charge in [-0.15, -0.1) is 0 Å². The van der Waals surface area contributed by atoms with Gasteiger partial charge in [-0.05, 0) is 91.8 Å². The molecule has 0 saturated heterocycles. The van der Waals surface area contributed by atoms with Gasteiger partial charge in [0.1, 0.15) is 6.10 Å². The Bertz CT molecular complexity index is 2080. The predicted molar refractivity (Wildman–Crippen MR) is 254 cm³/mol. The van der Waals surface area contributed by atoms with Gasteiger partial charge in [-0.3, -0.25) is 28.0 Å². The molecular weight excluding hydrogens is 848 g/mol. The Labute approximate surface area is 384 Å². The number of hydrogen-bond acceptors (Lipinski definition) is 11. The maximum absolute atomic E-state index is 13.6. The van der Waals surface area contributed by atoms with Crippen LogP contribution in [0, 0.1) is 18.8 Å². The van der Waals surface area contributed by atoms with Gasteiger partial charge in [0.05, 0.1) is 31.0 Å². The van der Waals surface area contributed by atoms with Crippen molar-refractivity contribution in [1.82, 2.24) is 5.32 Å². The van der Waals surface area contributed by atoms with E-state index in [1.54, 1.807) is 0 Å². The zero-order chi connectivity index (χ0) is 47.2. The van der Waals surface area contributed by atoms with Gasteiger partial charge in [0, 0.05) is 31.7 Å². The number of urea groups is 1. The van der Waals surface area contributed by atoms with E-state index >= 15 is 0 Å². The molecule has 4 rings (SSSR count). The number of esters is 2. The quantitative estimate of drug-likeness (QED) is 0.0225. The first kappa shape index (κ1) is 52.1. The summed E-state index contributed by atoms with van der Waals surface area (Å²) in [5.41, 5.74) is 5.66. The number of phosphoric ester groups is 1. The maximum Gasteiger partial charge on any atom is 0.476 e. The molecule has 0 saturated carbocycles. The van der Waals surface area contributed by atoms with Crippen LogP contribution < -0.4 is 20.9 Å². The molecule has 0 spiro atoms. The van der Waals surface area contributed by atoms with Gasteiger partial charge in [-0.2, -0.15) is 0 Å². The standard InChI is InChI=1S/C50H67N4O10P/c1-8-42(43-24-27-46(54(31-36(2)3)32-37(4)5)45(29-43)53-50(58)52-44-25-22-38(6)23-26-44)30-48(56)61-35-60-47(55)21-15-16-28-51-49(57)39(7)64-65(59,62-33-40-17-11-9-12-18-40)63-34-41-19-13-10-14-20-41/h9-14,17-20,22-27,29,36-37,39,42H,8,15-16,21,28,30-35H2,1-7H3,(H,51,57)(H2,52,53,58)/t39-,42-/m0/s1. The number of benzene rings is 4. The molecule has 0 aliphatic carbocycles. The third-order valence-electron chi connectivity index (χ3n) is 10.1. The lowest BCUT2D eigenvalue weighted by atomic mass is 9.92. The van der Waals surface area contributed by atoms with Crippen molar-refractivity contribution < 1.29 is 46.8 Å². The minimum atomic E-state index is -4.17. The molecule has 2 atom stereocenters. The molecule has 3 N–H and O–H groups in total. The molecule has 0 bridgehead atoms. The molecule has 4 aromatic rings. The van der Waals surface area contributed by atoms with Crippen LogP contribution in [0.15, 0.2) is 103 Å². The van der Waals surface area contributed by atoms with Crippen LogP contribution in [0.5, 0.6) is 0 Å². The number of carbonyl (C=O) groups excluding carboxylic acids is 4. The van der Waals surface area contributed by atoms with E-state index in [9.17, 15) is 23.7 Å². The second-order valence-corrected chi connectivity index (χ2v) is 18.5. The van der Waals surface area contributed by atoms with E-state index in [0.717, 1.165) is 41.0 Å². The van der Waals surface area contributed by atoms with Crippen molar-refractivity contribution in [2.75, 3.05) is 42.0 Å². The lowest BCUT2D eigenvalue weighted by Crippen LogP contribution is -2.34. The number of anilines is 3. The third kappa shape index (κ3) is 19.2. The smallest absolute Gasteiger partial charge is 0.428 e. The highest BCUT2D eigenvalue weighted by atomic mass is 31.2. The summed E-state index contributed by atoms with van der Waals surface area (Å²) in [4.78, 5) is 53.9. The lowest BCUT2D eigenvalue weighted by Gasteiger charge is -2.31. The van der Waals surface area contributed by atoms with E-state index in [4.69, 9.17) is 23.0 Å². The van der Waals surface area contributed by atoms with Crippen LogP contribution in [0.4, 0.5) is 21.9 Å². The average Bonchev–Trinajstić information content (AvgIpc) is 3.27. The number of aryl methyl sites for hydroxylation is 1. The van der Waals surface area contributed by atoms with Crippen LogP contribution in [0.25, 0.3) is 0 Å². The Hall–Kier alpha value is -5.53. The van der Waals surface area contributed by atoms with Crippen LogP contribution in [-0.4, -0.2) is 56.4 Å². The normalized spacial score (nSPS) is 12.3. The highest BCUT2D eigenvalue weighted by molar-refractivity contribution is 7.48. The van der Waals surface area contributed by atoms with Crippen molar-refractivity contribution in [3.05, 3.63) is 125 Å². The number of phosphoric acid groups is 1. The summed E-state index contributed by atoms with van der Waals surface area (Å²) in [7, 11) is -4.17. The molecule has 0 aromatic heterocycles. The largest absolute Gasteiger partial charge is 0.476 e. The number of ether oxygens (including phenoxy) is 2. The lowest BCUT2D eigenvalue weighted by molar-refractivity contribution is -0.167. The van der Waals surface area contributed by atoms with E-state index in [-0.39, 0.29) is 44.5 Å². The van der Waals surface area contributed by atoms with Crippen molar-refractivity contribution in [3.63, 3.8) is 0 Å². The second kappa shape index (κ2) is 27.1. The Morgan fingerprint density at radius 1 is 0.708 bits per heavy atom. The topological polar surface area (TPSA) is 171 Å². The minimum absolute atomic E-state index is 0.0389. The monoisotopic (exact) mass is 914 g/mol. The van der Waals surface area contributed by atoms with Gasteiger partial charge in [0.25, 0.3) is 0 Å². The van der Waals surface area contributed by atoms with Gasteiger partial charge >= 0.3 is 25.8 Å². The van der Waals surface area contributed by atoms with Gasteiger partial charge < -0.3 is 30.3 Å². The van der Waals surface area contributed by atoms with Crippen LogP contribution in [-0.2, 0) is 55.2 Å². The Morgan fingerprint density at radius 2 is 1.29 bits per heavy atom. The van der Waals surface area contributed by atoms with Crippen molar-refractivity contribution in [2.45, 2.75) is 106 Å². The third-order valence-corrected chi connectivity index (χ3v) is 11.6. The summed E-state index contributed by atoms with van der Waals surface area (Å²) in [6.07, 6.45) is 0.365. The fourth-order valence-corrected chi connectivity index (χ4v) is 8.09. The zero-order valence-electron chi connectivity index (χ0n) is 38.9. The van der Waals surface area contributed by atoms with E-state index in [2.05, 4.69) is 48.5 Å². The van der Waals surface area contributed by atoms with Gasteiger partial charge in [-0.25, -0.2) is 9.36 Å². The number of hydrogen-bond donors (Lipinski definition) is 3. The van der Waals surface area contributed by atoms with Crippen LogP contribution in [0.2, 0.25) is 0 Å². The number of nitrogens with one attached hydrogen (secondary N) is 3. The van der Waals surface area contributed by atoms with E-state index in [1.807, 2.05) is 117 Å². The number of carbonyl (C=O) groups is 4. The van der Waals surface area contributed by atoms with Crippen LogP contribution in [0.1, 0.15) is 102 Å². The Balaban J connectivity index is 1.23. The first-order valence-corrected chi connectivity index (χ1v) is 23.9. The summed E-state index contributed by atoms with van der Waals surface area (Å²) in [6, 6.07) is 31.4. The van der Waals surface area contributed by atoms with Crippen LogP contribution in [0.3, 0.4) is 0 Å². The van der Waals surface area contributed by atoms with Crippen molar-refractivity contribution in [1.29, 1.82) is 0 Å². The molecule has 0 fully saturated rings. The SMILES string of the molecule is CC[C@@H](CC(=O)OCOC(=O)CCCCNC(=O)[C@H](C)OP(=O)(OCc1ccccc1)OCc1ccccc1)c1ccc(N(CC(C)C)CC(C)C)c(NC(=O)Nc2ccc(C)cc2)c1. The molecule has 0 unspecified atom stereocenters. The van der Waals surface area contributed by atoms with Gasteiger partial charge in [0.2, 0.25) is 12.7 Å². The number of amides is 3. The van der Waals surface area contributed by atoms with Gasteiger partial charge in [-0.1, -0.05) is 119 Å². The Morgan fingerprint density at radius 3 is 1.86 bits per heavy atom. The fraction of sp³-hybridized carbons (Fsp3) is 0.440. The molecule has 14 nitrogen and oxygen atoms in total. The van der Waals surface area contributed by atoms with Crippen molar-refractivity contribution >= 4 is 48.8 Å². The summed E-state index contributed by atoms with van der Waals surface area (Å²) < 4.78 is 40.9. The first-order chi connectivity index (χ1) is 31.1. The summed E-state index contributed by atoms with van der Waals surface area (Å²) in [5, 5.41) is 8.71. The van der Waals surface area contributed by atoms with Gasteiger partial charge in [0.15, 0.2) is 0 Å². The molecular formula is C50H67N4O10P. The van der Waals surface area contributed by atoms with E-state index in [0.29, 0.717) is 42.5 Å². The molecule has 0 heterocycles. The van der Waals surface area contributed by atoms with Crippen LogP contribution >= 0.6 is 7.82 Å². The molecule has 65 heavy (non-hydrogen) atoms. The highest BCUT2D eigenvalue weighted by Gasteiger charge is 2.32. The second-order valence-electron chi connectivity index (χ2n) is 16.8. The van der Waals surface area contributed by atoms with Crippen molar-refractivity contribution in [2.24, 2.45) is 11.8 Å². The number of rotatable bonds is 27. The Kier molecular flexibility index (Phi) is 21.7. The average molecular weight is 915 g/mol. The number of unbranched alkanes of at least 4 members (excludes halogenated alkanes) is 1. The fourth-order valence-electron chi connectivity index (χ4n) is 6.79. The molecule has 352 valence electrons. The molecule has 0 radical (unpaired) electrons. The predicted octanol–water partition coefficient (Wildman–Crippen LogP) is 10.9. The van der Waals surface area contributed by atoms with Crippen molar-refractivity contribution in [3.8, 4) is 0 Å². The molecule has 0 aliphatic heterocycles. The molecule has 0 aliphatic rings. The molecule has 4 aromatic carbocycles. The minimum Gasteiger partial charge on any atom is -0.428 e. The number of nitrogens with zero attached hydrogens (tertiary/aromatic N) is 1. The maximum atomic E-state index is 13.6. The first-order valence-electron chi connectivity index (χ1n) is 22.4. The molecule has 3 amide bonds. The molecule has 15 heteroatoms. The summed E-state index contributed by atoms with van der Waals surface area (Å²) in [6.45, 7) is 15.3. The zero-order valence-corrected chi connectivity index (χ0v) is 39.8. The van der Waals surface area contributed by atoms with E-state index < -0.39 is 38.6 Å². The highest BCUT2D eigenvalue weighted by Crippen LogP contribution is 2.52. The summed E-state index contributed by atoms with van der Waals surface area (Å²) in [5.74, 6) is -1.07. The summed E-state index contributed by atoms with van der Waals surface area (Å²) >= 11 is 0. The van der Waals surface area contributed by atoms with E-state index in [1.165, 1.54) is 6.92 Å².